The topological polar surface area (TPSA) is 62.6 Å². The predicted molar refractivity (Wildman–Crippen MR) is 145 cm³/mol. The summed E-state index contributed by atoms with van der Waals surface area (Å²) in [7, 11) is 0. The fourth-order valence-electron chi connectivity index (χ4n) is 4.49. The SMILES string of the molecule is O=C(Nc1ccc2c(c1)oc1ccccc12)c1ccc([C@H]2SCC(=O)N2Cc2ccc(Cl)cc2)cc1. The van der Waals surface area contributed by atoms with Gasteiger partial charge in [-0.3, -0.25) is 9.59 Å². The summed E-state index contributed by atoms with van der Waals surface area (Å²) in [5.74, 6) is 0.332. The van der Waals surface area contributed by atoms with Crippen LogP contribution in [0.15, 0.2) is 95.4 Å². The van der Waals surface area contributed by atoms with Gasteiger partial charge in [-0.25, -0.2) is 0 Å². The molecule has 2 heterocycles. The smallest absolute Gasteiger partial charge is 0.255 e. The number of fused-ring (bicyclic) bond motifs is 3. The van der Waals surface area contributed by atoms with Gasteiger partial charge in [0.2, 0.25) is 5.91 Å². The summed E-state index contributed by atoms with van der Waals surface area (Å²) in [5, 5.41) is 5.59. The van der Waals surface area contributed by atoms with E-state index in [1.54, 1.807) is 23.9 Å². The van der Waals surface area contributed by atoms with E-state index < -0.39 is 0 Å². The van der Waals surface area contributed by atoms with Gasteiger partial charge < -0.3 is 14.6 Å². The number of benzene rings is 4. The number of carbonyl (C=O) groups is 2. The first-order chi connectivity index (χ1) is 17.5. The molecule has 1 saturated heterocycles. The monoisotopic (exact) mass is 512 g/mol. The van der Waals surface area contributed by atoms with Crippen LogP contribution in [0.4, 0.5) is 5.69 Å². The highest BCUT2D eigenvalue weighted by Crippen LogP contribution is 2.39. The zero-order chi connectivity index (χ0) is 24.6. The van der Waals surface area contributed by atoms with Crippen molar-refractivity contribution in [2.24, 2.45) is 0 Å². The van der Waals surface area contributed by atoms with Crippen LogP contribution in [-0.4, -0.2) is 22.5 Å². The Morgan fingerprint density at radius 1 is 0.944 bits per heavy atom. The third-order valence-electron chi connectivity index (χ3n) is 6.33. The highest BCUT2D eigenvalue weighted by Gasteiger charge is 2.32. The summed E-state index contributed by atoms with van der Waals surface area (Å²) in [6, 6.07) is 28.5. The van der Waals surface area contributed by atoms with Crippen LogP contribution in [0, 0.1) is 0 Å². The molecule has 2 amide bonds. The van der Waals surface area contributed by atoms with Gasteiger partial charge in [-0.15, -0.1) is 11.8 Å². The fraction of sp³-hybridized carbons (Fsp3) is 0.103. The molecule has 0 bridgehead atoms. The summed E-state index contributed by atoms with van der Waals surface area (Å²) in [4.78, 5) is 27.3. The lowest BCUT2D eigenvalue weighted by molar-refractivity contribution is -0.128. The first-order valence-corrected chi connectivity index (χ1v) is 13.0. The van der Waals surface area contributed by atoms with Gasteiger partial charge in [0.15, 0.2) is 0 Å². The number of rotatable bonds is 5. The van der Waals surface area contributed by atoms with E-state index in [-0.39, 0.29) is 17.2 Å². The first-order valence-electron chi connectivity index (χ1n) is 11.5. The zero-order valence-electron chi connectivity index (χ0n) is 19.1. The molecule has 1 aromatic heterocycles. The molecule has 0 spiro atoms. The molecule has 1 aliphatic heterocycles. The van der Waals surface area contributed by atoms with E-state index >= 15 is 0 Å². The Balaban J connectivity index is 1.17. The molecule has 5 aromatic rings. The maximum Gasteiger partial charge on any atom is 0.255 e. The number of amides is 2. The predicted octanol–water partition coefficient (Wildman–Crippen LogP) is 7.27. The highest BCUT2D eigenvalue weighted by molar-refractivity contribution is 8.00. The van der Waals surface area contributed by atoms with E-state index in [2.05, 4.69) is 5.32 Å². The van der Waals surface area contributed by atoms with E-state index in [9.17, 15) is 9.59 Å². The lowest BCUT2D eigenvalue weighted by atomic mass is 10.1. The van der Waals surface area contributed by atoms with Gasteiger partial charge in [0.25, 0.3) is 5.91 Å². The van der Waals surface area contributed by atoms with Gasteiger partial charge in [-0.2, -0.15) is 0 Å². The van der Waals surface area contributed by atoms with Crippen molar-refractivity contribution in [2.75, 3.05) is 11.1 Å². The quantitative estimate of drug-likeness (QED) is 0.269. The van der Waals surface area contributed by atoms with E-state index in [4.69, 9.17) is 16.0 Å². The molecule has 5 nitrogen and oxygen atoms in total. The van der Waals surface area contributed by atoms with Crippen LogP contribution < -0.4 is 5.32 Å². The molecule has 0 aliphatic carbocycles. The van der Waals surface area contributed by atoms with Crippen molar-refractivity contribution < 1.29 is 14.0 Å². The molecule has 1 atom stereocenters. The molecular formula is C29H21ClN2O3S. The van der Waals surface area contributed by atoms with E-state index in [0.29, 0.717) is 28.6 Å². The molecule has 7 heteroatoms. The second kappa shape index (κ2) is 9.37. The Morgan fingerprint density at radius 3 is 2.50 bits per heavy atom. The largest absolute Gasteiger partial charge is 0.456 e. The number of nitrogens with zero attached hydrogens (tertiary/aromatic N) is 1. The van der Waals surface area contributed by atoms with E-state index in [0.717, 1.165) is 33.1 Å². The summed E-state index contributed by atoms with van der Waals surface area (Å²) < 4.78 is 5.93. The van der Waals surface area contributed by atoms with Crippen LogP contribution in [0.25, 0.3) is 21.9 Å². The third kappa shape index (κ3) is 4.34. The van der Waals surface area contributed by atoms with Crippen LogP contribution in [0.2, 0.25) is 5.02 Å². The van der Waals surface area contributed by atoms with E-state index in [1.165, 1.54) is 0 Å². The van der Waals surface area contributed by atoms with Crippen LogP contribution >= 0.6 is 23.4 Å². The molecular weight excluding hydrogens is 492 g/mol. The third-order valence-corrected chi connectivity index (χ3v) is 7.84. The number of para-hydroxylation sites is 1. The fourth-order valence-corrected chi connectivity index (χ4v) is 5.81. The Labute approximate surface area is 217 Å². The number of anilines is 1. The Morgan fingerprint density at radius 2 is 1.69 bits per heavy atom. The molecule has 1 aliphatic rings. The summed E-state index contributed by atoms with van der Waals surface area (Å²) >= 11 is 7.59. The van der Waals surface area contributed by atoms with Crippen molar-refractivity contribution >= 4 is 62.8 Å². The molecule has 6 rings (SSSR count). The number of carbonyl (C=O) groups excluding carboxylic acids is 2. The second-order valence-electron chi connectivity index (χ2n) is 8.70. The number of hydrogen-bond acceptors (Lipinski definition) is 4. The van der Waals surface area contributed by atoms with Gasteiger partial charge in [-0.1, -0.05) is 54.1 Å². The van der Waals surface area contributed by atoms with Crippen molar-refractivity contribution in [3.63, 3.8) is 0 Å². The average molecular weight is 513 g/mol. The summed E-state index contributed by atoms with van der Waals surface area (Å²) in [5.41, 5.74) is 4.77. The maximum absolute atomic E-state index is 12.9. The van der Waals surface area contributed by atoms with Crippen molar-refractivity contribution in [1.82, 2.24) is 4.90 Å². The molecule has 0 unspecified atom stereocenters. The first kappa shape index (κ1) is 22.7. The molecule has 36 heavy (non-hydrogen) atoms. The van der Waals surface area contributed by atoms with Gasteiger partial charge >= 0.3 is 0 Å². The van der Waals surface area contributed by atoms with Crippen molar-refractivity contribution in [3.8, 4) is 0 Å². The summed E-state index contributed by atoms with van der Waals surface area (Å²) in [6.45, 7) is 0.514. The average Bonchev–Trinajstić information content (AvgIpc) is 3.45. The molecule has 4 aromatic carbocycles. The minimum Gasteiger partial charge on any atom is -0.456 e. The van der Waals surface area contributed by atoms with Crippen LogP contribution in [0.3, 0.4) is 0 Å². The Bertz CT molecular complexity index is 1600. The van der Waals surface area contributed by atoms with Gasteiger partial charge in [0.05, 0.1) is 5.75 Å². The molecule has 1 fully saturated rings. The molecule has 0 saturated carbocycles. The van der Waals surface area contributed by atoms with Crippen LogP contribution in [-0.2, 0) is 11.3 Å². The highest BCUT2D eigenvalue weighted by atomic mass is 35.5. The minimum atomic E-state index is -0.204. The van der Waals surface area contributed by atoms with Crippen LogP contribution in [0.5, 0.6) is 0 Å². The van der Waals surface area contributed by atoms with Crippen molar-refractivity contribution in [2.45, 2.75) is 11.9 Å². The number of hydrogen-bond donors (Lipinski definition) is 1. The normalized spacial score (nSPS) is 15.6. The van der Waals surface area contributed by atoms with Gasteiger partial charge in [0.1, 0.15) is 16.5 Å². The molecule has 178 valence electrons. The van der Waals surface area contributed by atoms with Crippen molar-refractivity contribution in [3.05, 3.63) is 113 Å². The number of halogens is 1. The molecule has 1 N–H and O–H groups in total. The number of nitrogens with one attached hydrogen (secondary N) is 1. The Hall–Kier alpha value is -3.74. The van der Waals surface area contributed by atoms with Crippen LogP contribution in [0.1, 0.15) is 26.9 Å². The second-order valence-corrected chi connectivity index (χ2v) is 10.2. The standard InChI is InChI=1S/C29H21ClN2O3S/c30-21-11-5-18(6-12-21)16-32-27(33)17-36-29(32)20-9-7-19(8-10-20)28(34)31-22-13-14-24-23-3-1-2-4-25(23)35-26(24)15-22/h1-15,29H,16-17H2,(H,31,34)/t29-/m1/s1. The van der Waals surface area contributed by atoms with Gasteiger partial charge in [0, 0.05) is 39.7 Å². The summed E-state index contributed by atoms with van der Waals surface area (Å²) in [6.07, 6.45) is 0. The van der Waals surface area contributed by atoms with Crippen molar-refractivity contribution in [1.29, 1.82) is 0 Å². The lowest BCUT2D eigenvalue weighted by Crippen LogP contribution is -2.27. The molecule has 0 radical (unpaired) electrons. The minimum absolute atomic E-state index is 0.0965. The van der Waals surface area contributed by atoms with E-state index in [1.807, 2.05) is 83.8 Å². The maximum atomic E-state index is 12.9. The Kier molecular flexibility index (Phi) is 5.91. The lowest BCUT2D eigenvalue weighted by Gasteiger charge is -2.24. The van der Waals surface area contributed by atoms with Gasteiger partial charge in [-0.05, 0) is 53.6 Å². The number of thioether (sulfide) groups is 1. The number of furan rings is 1. The zero-order valence-corrected chi connectivity index (χ0v) is 20.7.